The van der Waals surface area contributed by atoms with Crippen LogP contribution in [0, 0.1) is 0 Å². The lowest BCUT2D eigenvalue weighted by atomic mass is 10.0. The average Bonchev–Trinajstić information content (AvgIpc) is 2.46. The van der Waals surface area contributed by atoms with Gasteiger partial charge in [0.25, 0.3) is 0 Å². The molecule has 2 aromatic carbocycles. The van der Waals surface area contributed by atoms with Crippen LogP contribution in [-0.2, 0) is 11.2 Å². The number of benzene rings is 2. The van der Waals surface area contributed by atoms with Gasteiger partial charge in [-0.25, -0.2) is 4.79 Å². The summed E-state index contributed by atoms with van der Waals surface area (Å²) in [5.41, 5.74) is 3.13. The first-order valence-electron chi connectivity index (χ1n) is 6.30. The van der Waals surface area contributed by atoms with E-state index in [0.717, 1.165) is 17.5 Å². The van der Waals surface area contributed by atoms with E-state index >= 15 is 0 Å². The molecule has 0 aliphatic carbocycles. The Morgan fingerprint density at radius 1 is 1.05 bits per heavy atom. The zero-order valence-electron chi connectivity index (χ0n) is 10.8. The van der Waals surface area contributed by atoms with E-state index in [9.17, 15) is 9.90 Å². The van der Waals surface area contributed by atoms with Gasteiger partial charge in [-0.2, -0.15) is 0 Å². The first-order valence-corrected chi connectivity index (χ1v) is 6.30. The third-order valence-electron chi connectivity index (χ3n) is 3.01. The van der Waals surface area contributed by atoms with Gasteiger partial charge in [0.05, 0.1) is 5.57 Å². The maximum absolute atomic E-state index is 11.4. The largest absolute Gasteiger partial charge is 0.478 e. The fraction of sp³-hybridized carbons (Fsp3) is 0.118. The van der Waals surface area contributed by atoms with E-state index in [-0.39, 0.29) is 0 Å². The van der Waals surface area contributed by atoms with Gasteiger partial charge in [-0.3, -0.25) is 0 Å². The molecule has 2 heteroatoms. The number of hydrogen-bond acceptors (Lipinski definition) is 1. The number of aliphatic carboxylic acids is 1. The molecule has 0 aliphatic rings. The van der Waals surface area contributed by atoms with Gasteiger partial charge < -0.3 is 5.11 Å². The summed E-state index contributed by atoms with van der Waals surface area (Å²) >= 11 is 0. The third-order valence-corrected chi connectivity index (χ3v) is 3.01. The lowest BCUT2D eigenvalue weighted by Gasteiger charge is -2.04. The standard InChI is InChI=1S/C17H16O2/c1-2-13-8-10-15(11-9-13)16(17(18)19)12-14-6-4-3-5-7-14/h3-12H,2H2,1H3,(H,18,19)/b16-12+. The van der Waals surface area contributed by atoms with E-state index < -0.39 is 5.97 Å². The number of rotatable bonds is 4. The molecule has 0 amide bonds. The molecule has 0 radical (unpaired) electrons. The minimum atomic E-state index is -0.909. The monoisotopic (exact) mass is 252 g/mol. The van der Waals surface area contributed by atoms with Crippen molar-refractivity contribution in [2.24, 2.45) is 0 Å². The Morgan fingerprint density at radius 2 is 1.68 bits per heavy atom. The van der Waals surface area contributed by atoms with Gasteiger partial charge >= 0.3 is 5.97 Å². The fourth-order valence-corrected chi connectivity index (χ4v) is 1.90. The highest BCUT2D eigenvalue weighted by atomic mass is 16.4. The number of carbonyl (C=O) groups is 1. The van der Waals surface area contributed by atoms with Crippen LogP contribution in [0.15, 0.2) is 54.6 Å². The average molecular weight is 252 g/mol. The molecular weight excluding hydrogens is 236 g/mol. The van der Waals surface area contributed by atoms with E-state index in [1.165, 1.54) is 5.56 Å². The molecule has 0 fully saturated rings. The van der Waals surface area contributed by atoms with Crippen molar-refractivity contribution >= 4 is 17.6 Å². The molecule has 0 unspecified atom stereocenters. The summed E-state index contributed by atoms with van der Waals surface area (Å²) in [6.07, 6.45) is 2.65. The molecule has 0 spiro atoms. The van der Waals surface area contributed by atoms with Crippen LogP contribution in [0.1, 0.15) is 23.6 Å². The first-order chi connectivity index (χ1) is 9.20. The Labute approximate surface area is 113 Å². The van der Waals surface area contributed by atoms with Gasteiger partial charge in [-0.15, -0.1) is 0 Å². The second kappa shape index (κ2) is 6.01. The van der Waals surface area contributed by atoms with Crippen molar-refractivity contribution in [1.82, 2.24) is 0 Å². The van der Waals surface area contributed by atoms with E-state index in [4.69, 9.17) is 0 Å². The quantitative estimate of drug-likeness (QED) is 0.662. The maximum atomic E-state index is 11.4. The van der Waals surface area contributed by atoms with Crippen molar-refractivity contribution < 1.29 is 9.90 Å². The summed E-state index contributed by atoms with van der Waals surface area (Å²) < 4.78 is 0. The lowest BCUT2D eigenvalue weighted by Crippen LogP contribution is -1.99. The maximum Gasteiger partial charge on any atom is 0.336 e. The Bertz CT molecular complexity index is 580. The summed E-state index contributed by atoms with van der Waals surface area (Å²) in [5.74, 6) is -0.909. The van der Waals surface area contributed by atoms with Crippen LogP contribution in [0.3, 0.4) is 0 Å². The third kappa shape index (κ3) is 3.32. The van der Waals surface area contributed by atoms with Crippen LogP contribution < -0.4 is 0 Å². The van der Waals surface area contributed by atoms with E-state index in [2.05, 4.69) is 6.92 Å². The zero-order valence-corrected chi connectivity index (χ0v) is 10.8. The Balaban J connectivity index is 2.40. The molecule has 1 N–H and O–H groups in total. The fourth-order valence-electron chi connectivity index (χ4n) is 1.90. The minimum absolute atomic E-state index is 0.314. The molecule has 0 saturated carbocycles. The summed E-state index contributed by atoms with van der Waals surface area (Å²) in [6, 6.07) is 17.1. The highest BCUT2D eigenvalue weighted by Gasteiger charge is 2.10. The first kappa shape index (κ1) is 13.1. The van der Waals surface area contributed by atoms with E-state index in [1.807, 2.05) is 54.6 Å². The smallest absolute Gasteiger partial charge is 0.336 e. The Kier molecular flexibility index (Phi) is 4.14. The SMILES string of the molecule is CCc1ccc(/C(=C\c2ccccc2)C(=O)O)cc1. The Hall–Kier alpha value is -2.35. The van der Waals surface area contributed by atoms with E-state index in [0.29, 0.717) is 5.57 Å². The van der Waals surface area contributed by atoms with Gasteiger partial charge in [0.1, 0.15) is 0 Å². The van der Waals surface area contributed by atoms with Crippen molar-refractivity contribution in [3.8, 4) is 0 Å². The van der Waals surface area contributed by atoms with Crippen LogP contribution in [0.25, 0.3) is 11.6 Å². The van der Waals surface area contributed by atoms with Crippen molar-refractivity contribution in [2.75, 3.05) is 0 Å². The number of hydrogen-bond donors (Lipinski definition) is 1. The molecule has 0 aliphatic heterocycles. The normalized spacial score (nSPS) is 11.3. The predicted octanol–water partition coefficient (Wildman–Crippen LogP) is 3.87. The van der Waals surface area contributed by atoms with Crippen LogP contribution in [0.5, 0.6) is 0 Å². The zero-order chi connectivity index (χ0) is 13.7. The van der Waals surface area contributed by atoms with Crippen molar-refractivity contribution in [3.63, 3.8) is 0 Å². The van der Waals surface area contributed by atoms with Crippen molar-refractivity contribution in [2.45, 2.75) is 13.3 Å². The predicted molar refractivity (Wildman–Crippen MR) is 77.8 cm³/mol. The van der Waals surface area contributed by atoms with Crippen LogP contribution >= 0.6 is 0 Å². The molecule has 0 bridgehead atoms. The second-order valence-corrected chi connectivity index (χ2v) is 4.32. The summed E-state index contributed by atoms with van der Waals surface area (Å²) in [7, 11) is 0. The summed E-state index contributed by atoms with van der Waals surface area (Å²) in [6.45, 7) is 2.08. The molecule has 2 rings (SSSR count). The molecule has 0 saturated heterocycles. The molecule has 0 aromatic heterocycles. The van der Waals surface area contributed by atoms with Crippen molar-refractivity contribution in [3.05, 3.63) is 71.3 Å². The summed E-state index contributed by atoms with van der Waals surface area (Å²) in [4.78, 5) is 11.4. The molecular formula is C17H16O2. The molecule has 19 heavy (non-hydrogen) atoms. The second-order valence-electron chi connectivity index (χ2n) is 4.32. The molecule has 0 atom stereocenters. The molecule has 0 heterocycles. The molecule has 2 aromatic rings. The topological polar surface area (TPSA) is 37.3 Å². The molecule has 2 nitrogen and oxygen atoms in total. The Morgan fingerprint density at radius 3 is 2.21 bits per heavy atom. The highest BCUT2D eigenvalue weighted by Crippen LogP contribution is 2.19. The summed E-state index contributed by atoms with van der Waals surface area (Å²) in [5, 5.41) is 9.35. The lowest BCUT2D eigenvalue weighted by molar-refractivity contribution is -0.130. The van der Waals surface area contributed by atoms with Crippen molar-refractivity contribution in [1.29, 1.82) is 0 Å². The number of carboxylic acids is 1. The van der Waals surface area contributed by atoms with Gasteiger partial charge in [0.2, 0.25) is 0 Å². The number of aryl methyl sites for hydroxylation is 1. The van der Waals surface area contributed by atoms with Crippen LogP contribution in [-0.4, -0.2) is 11.1 Å². The highest BCUT2D eigenvalue weighted by molar-refractivity contribution is 6.20. The van der Waals surface area contributed by atoms with E-state index in [1.54, 1.807) is 6.08 Å². The van der Waals surface area contributed by atoms with Gasteiger partial charge in [0, 0.05) is 0 Å². The minimum Gasteiger partial charge on any atom is -0.478 e. The van der Waals surface area contributed by atoms with Gasteiger partial charge in [0.15, 0.2) is 0 Å². The van der Waals surface area contributed by atoms with Crippen LogP contribution in [0.4, 0.5) is 0 Å². The molecule has 96 valence electrons. The van der Waals surface area contributed by atoms with Gasteiger partial charge in [-0.1, -0.05) is 61.5 Å². The van der Waals surface area contributed by atoms with Gasteiger partial charge in [-0.05, 0) is 29.2 Å². The number of carboxylic acid groups (broad SMARTS) is 1. The van der Waals surface area contributed by atoms with Crippen LogP contribution in [0.2, 0.25) is 0 Å².